The van der Waals surface area contributed by atoms with E-state index < -0.39 is 40.6 Å². The minimum atomic E-state index is -4.24. The first kappa shape index (κ1) is 22.0. The number of amides is 2. The van der Waals surface area contributed by atoms with Crippen LogP contribution in [0.25, 0.3) is 11.1 Å². The molecular weight excluding hydrogens is 448 g/mol. The second-order valence-electron chi connectivity index (χ2n) is 7.17. The van der Waals surface area contributed by atoms with Crippen LogP contribution in [0.2, 0.25) is 0 Å². The Bertz CT molecular complexity index is 1310. The fraction of sp³-hybridized carbons (Fsp3) is 0.0870. The maximum absolute atomic E-state index is 12.3. The predicted octanol–water partition coefficient (Wildman–Crippen LogP) is 2.69. The average molecular weight is 466 g/mol. The summed E-state index contributed by atoms with van der Waals surface area (Å²) in [6.07, 6.45) is -1.54. The van der Waals surface area contributed by atoms with Gasteiger partial charge >= 0.3 is 12.1 Å². The number of ether oxygens (including phenoxy) is 1. The van der Waals surface area contributed by atoms with Crippen LogP contribution in [0.3, 0.4) is 0 Å². The molecule has 1 aliphatic carbocycles. The lowest BCUT2D eigenvalue weighted by Crippen LogP contribution is -2.40. The second kappa shape index (κ2) is 8.75. The van der Waals surface area contributed by atoms with Crippen LogP contribution in [0.4, 0.5) is 4.79 Å². The number of hydrogen-bond acceptors (Lipinski definition) is 6. The molecule has 3 aromatic carbocycles. The number of carboxylic acid groups (broad SMARTS) is 1. The van der Waals surface area contributed by atoms with Crippen molar-refractivity contribution in [2.24, 2.45) is 0 Å². The number of nitrogens with one attached hydrogen (secondary N) is 2. The maximum Gasteiger partial charge on any atom is 0.408 e. The van der Waals surface area contributed by atoms with Crippen LogP contribution in [0.5, 0.6) is 0 Å². The van der Waals surface area contributed by atoms with Gasteiger partial charge in [-0.25, -0.2) is 22.7 Å². The van der Waals surface area contributed by atoms with Crippen molar-refractivity contribution in [1.82, 2.24) is 10.0 Å². The highest BCUT2D eigenvalue weighted by atomic mass is 32.2. The van der Waals surface area contributed by atoms with E-state index in [2.05, 4.69) is 5.32 Å². The van der Waals surface area contributed by atoms with Gasteiger partial charge in [0.05, 0.1) is 10.5 Å². The molecule has 3 aromatic rings. The number of carboxylic acids is 1. The number of fused-ring (bicyclic) bond motifs is 3. The van der Waals surface area contributed by atoms with Gasteiger partial charge in [0.1, 0.15) is 6.54 Å². The van der Waals surface area contributed by atoms with Crippen molar-refractivity contribution in [3.05, 3.63) is 89.5 Å². The molecule has 0 spiro atoms. The number of benzene rings is 3. The van der Waals surface area contributed by atoms with Crippen LogP contribution >= 0.6 is 0 Å². The molecule has 0 heterocycles. The average Bonchev–Trinajstić information content (AvgIpc) is 3.11. The lowest BCUT2D eigenvalue weighted by atomic mass is 10.1. The first-order valence-electron chi connectivity index (χ1n) is 9.78. The smallest absolute Gasteiger partial charge is 0.408 e. The Labute approximate surface area is 189 Å². The number of carbonyl (C=O) groups excluding carboxylic acids is 2. The summed E-state index contributed by atoms with van der Waals surface area (Å²) in [6, 6.07) is 19.3. The van der Waals surface area contributed by atoms with Gasteiger partial charge < -0.3 is 15.2 Å². The molecule has 9 nitrogen and oxygen atoms in total. The standard InChI is InChI=1S/C23H18N2O7S/c26-20(25-33(30,31)15-11-9-14(10-12-15)22(27)28)13-24-23(29)32-21-18-7-3-1-5-16(18)17-6-2-4-8-19(17)21/h1-12,21H,13H2,(H,24,29)(H,25,26)(H,27,28). The Hall–Kier alpha value is -4.18. The summed E-state index contributed by atoms with van der Waals surface area (Å²) < 4.78 is 31.9. The van der Waals surface area contributed by atoms with E-state index in [1.165, 1.54) is 0 Å². The van der Waals surface area contributed by atoms with Crippen LogP contribution in [0.15, 0.2) is 77.7 Å². The van der Waals surface area contributed by atoms with E-state index in [0.717, 1.165) is 46.5 Å². The molecule has 33 heavy (non-hydrogen) atoms. The molecule has 4 rings (SSSR count). The zero-order chi connectivity index (χ0) is 23.6. The molecule has 0 radical (unpaired) electrons. The van der Waals surface area contributed by atoms with E-state index >= 15 is 0 Å². The fourth-order valence-electron chi connectivity index (χ4n) is 3.56. The lowest BCUT2D eigenvalue weighted by molar-refractivity contribution is -0.118. The van der Waals surface area contributed by atoms with Gasteiger partial charge in [0.15, 0.2) is 6.10 Å². The summed E-state index contributed by atoms with van der Waals surface area (Å²) in [7, 11) is -4.24. The maximum atomic E-state index is 12.3. The van der Waals surface area contributed by atoms with Crippen LogP contribution in [0.1, 0.15) is 27.6 Å². The normalized spacial score (nSPS) is 12.4. The molecule has 0 aliphatic heterocycles. The zero-order valence-corrected chi connectivity index (χ0v) is 17.8. The van der Waals surface area contributed by atoms with Crippen molar-refractivity contribution in [1.29, 1.82) is 0 Å². The Balaban J connectivity index is 1.37. The highest BCUT2D eigenvalue weighted by Crippen LogP contribution is 2.44. The first-order chi connectivity index (χ1) is 15.8. The number of rotatable bonds is 6. The van der Waals surface area contributed by atoms with Gasteiger partial charge in [-0.3, -0.25) is 4.79 Å². The molecular formula is C23H18N2O7S. The molecule has 0 unspecified atom stereocenters. The quantitative estimate of drug-likeness (QED) is 0.508. The Morgan fingerprint density at radius 3 is 1.94 bits per heavy atom. The van der Waals surface area contributed by atoms with E-state index in [1.54, 1.807) is 0 Å². The van der Waals surface area contributed by atoms with Gasteiger partial charge in [-0.1, -0.05) is 48.5 Å². The predicted molar refractivity (Wildman–Crippen MR) is 117 cm³/mol. The molecule has 0 aromatic heterocycles. The third-order valence-electron chi connectivity index (χ3n) is 5.05. The minimum absolute atomic E-state index is 0.0975. The monoisotopic (exact) mass is 466 g/mol. The lowest BCUT2D eigenvalue weighted by Gasteiger charge is -2.15. The molecule has 0 fully saturated rings. The van der Waals surface area contributed by atoms with Gasteiger partial charge in [-0.2, -0.15) is 0 Å². The van der Waals surface area contributed by atoms with Gasteiger partial charge in [0.25, 0.3) is 15.9 Å². The van der Waals surface area contributed by atoms with Crippen LogP contribution in [0, 0.1) is 0 Å². The molecule has 168 valence electrons. The van der Waals surface area contributed by atoms with Crippen molar-refractivity contribution in [2.75, 3.05) is 6.54 Å². The topological polar surface area (TPSA) is 139 Å². The third-order valence-corrected chi connectivity index (χ3v) is 6.44. The summed E-state index contributed by atoms with van der Waals surface area (Å²) in [4.78, 5) is 35.0. The molecule has 10 heteroatoms. The summed E-state index contributed by atoms with van der Waals surface area (Å²) in [5.74, 6) is -2.19. The molecule has 0 atom stereocenters. The van der Waals surface area contributed by atoms with Gasteiger partial charge in [-0.15, -0.1) is 0 Å². The van der Waals surface area contributed by atoms with Gasteiger partial charge in [-0.05, 0) is 35.4 Å². The highest BCUT2D eigenvalue weighted by molar-refractivity contribution is 7.90. The number of hydrogen-bond donors (Lipinski definition) is 3. The SMILES string of the molecule is O=C(CNC(=O)OC1c2ccccc2-c2ccccc21)NS(=O)(=O)c1ccc(C(=O)O)cc1. The van der Waals surface area contributed by atoms with Crippen molar-refractivity contribution in [2.45, 2.75) is 11.0 Å². The molecule has 1 aliphatic rings. The number of alkyl carbamates (subject to hydrolysis) is 1. The summed E-state index contributed by atoms with van der Waals surface area (Å²) >= 11 is 0. The van der Waals surface area contributed by atoms with Gasteiger partial charge in [0, 0.05) is 11.1 Å². The first-order valence-corrected chi connectivity index (χ1v) is 11.3. The minimum Gasteiger partial charge on any atom is -0.478 e. The van der Waals surface area contributed by atoms with Crippen LogP contribution < -0.4 is 10.0 Å². The van der Waals surface area contributed by atoms with Crippen molar-refractivity contribution in [3.63, 3.8) is 0 Å². The number of carbonyl (C=O) groups is 3. The molecule has 0 saturated carbocycles. The largest absolute Gasteiger partial charge is 0.478 e. The van der Waals surface area contributed by atoms with Crippen molar-refractivity contribution >= 4 is 28.0 Å². The molecule has 0 saturated heterocycles. The molecule has 3 N–H and O–H groups in total. The van der Waals surface area contributed by atoms with E-state index in [-0.39, 0.29) is 10.5 Å². The number of sulfonamides is 1. The number of aromatic carboxylic acids is 1. The fourth-order valence-corrected chi connectivity index (χ4v) is 4.54. The Morgan fingerprint density at radius 2 is 1.39 bits per heavy atom. The van der Waals surface area contributed by atoms with Crippen molar-refractivity contribution in [3.8, 4) is 11.1 Å². The Morgan fingerprint density at radius 1 is 0.848 bits per heavy atom. The van der Waals surface area contributed by atoms with Crippen LogP contribution in [-0.4, -0.2) is 38.0 Å². The van der Waals surface area contributed by atoms with E-state index in [0.29, 0.717) is 0 Å². The Kier molecular flexibility index (Phi) is 5.84. The second-order valence-corrected chi connectivity index (χ2v) is 8.85. The van der Waals surface area contributed by atoms with Crippen molar-refractivity contribution < 1.29 is 32.6 Å². The van der Waals surface area contributed by atoms with E-state index in [1.807, 2.05) is 53.3 Å². The summed E-state index contributed by atoms with van der Waals surface area (Å²) in [5.41, 5.74) is 3.42. The zero-order valence-electron chi connectivity index (χ0n) is 17.0. The molecule has 2 amide bonds. The van der Waals surface area contributed by atoms with E-state index in [9.17, 15) is 22.8 Å². The highest BCUT2D eigenvalue weighted by Gasteiger charge is 2.31. The van der Waals surface area contributed by atoms with Crippen LogP contribution in [-0.2, 0) is 19.6 Å². The summed E-state index contributed by atoms with van der Waals surface area (Å²) in [6.45, 7) is -0.638. The molecule has 0 bridgehead atoms. The summed E-state index contributed by atoms with van der Waals surface area (Å²) in [5, 5.41) is 11.1. The van der Waals surface area contributed by atoms with Gasteiger partial charge in [0.2, 0.25) is 0 Å². The third kappa shape index (κ3) is 4.55. The van der Waals surface area contributed by atoms with E-state index in [4.69, 9.17) is 9.84 Å².